The normalized spacial score (nSPS) is 16.0. The molecule has 0 radical (unpaired) electrons. The molecule has 1 N–H and O–H groups in total. The molecule has 2 aliphatic rings. The molecule has 0 spiro atoms. The second-order valence-electron chi connectivity index (χ2n) is 7.94. The first-order chi connectivity index (χ1) is 14.3. The number of hydrogen-bond acceptors (Lipinski definition) is 5. The minimum atomic E-state index is 0.650. The Balaban J connectivity index is 1.39. The smallest absolute Gasteiger partial charge is 0.229 e. The molecule has 0 saturated carbocycles. The van der Waals surface area contributed by atoms with E-state index in [2.05, 4.69) is 74.7 Å². The van der Waals surface area contributed by atoms with Gasteiger partial charge < -0.3 is 15.1 Å². The summed E-state index contributed by atoms with van der Waals surface area (Å²) in [5.74, 6) is 1.61. The zero-order valence-corrected chi connectivity index (χ0v) is 16.9. The molecule has 0 aliphatic carbocycles. The van der Waals surface area contributed by atoms with Crippen LogP contribution in [0.3, 0.4) is 0 Å². The van der Waals surface area contributed by atoms with Crippen LogP contribution in [0.25, 0.3) is 0 Å². The van der Waals surface area contributed by atoms with E-state index in [4.69, 9.17) is 4.98 Å². The molecular weight excluding hydrogens is 358 g/mol. The van der Waals surface area contributed by atoms with E-state index in [1.807, 2.05) is 6.92 Å². The van der Waals surface area contributed by atoms with Gasteiger partial charge in [0.05, 0.1) is 0 Å². The molecule has 1 fully saturated rings. The highest BCUT2D eigenvalue weighted by atomic mass is 15.2. The van der Waals surface area contributed by atoms with Gasteiger partial charge in [-0.05, 0) is 68.5 Å². The van der Waals surface area contributed by atoms with E-state index in [9.17, 15) is 0 Å². The second kappa shape index (κ2) is 7.74. The maximum atomic E-state index is 4.84. The number of anilines is 5. The molecule has 5 rings (SSSR count). The fourth-order valence-corrected chi connectivity index (χ4v) is 4.38. The maximum Gasteiger partial charge on any atom is 0.229 e. The van der Waals surface area contributed by atoms with Gasteiger partial charge in [-0.2, -0.15) is 4.98 Å². The third-order valence-corrected chi connectivity index (χ3v) is 5.82. The van der Waals surface area contributed by atoms with E-state index >= 15 is 0 Å². The molecule has 1 saturated heterocycles. The highest BCUT2D eigenvalue weighted by molar-refractivity contribution is 5.67. The Kier molecular flexibility index (Phi) is 4.80. The number of nitrogens with zero attached hydrogens (tertiary/aromatic N) is 4. The highest BCUT2D eigenvalue weighted by Gasteiger charge is 2.20. The highest BCUT2D eigenvalue weighted by Crippen LogP contribution is 2.33. The zero-order chi connectivity index (χ0) is 19.6. The van der Waals surface area contributed by atoms with Crippen molar-refractivity contribution in [1.82, 2.24) is 9.97 Å². The Morgan fingerprint density at radius 2 is 1.66 bits per heavy atom. The lowest BCUT2D eigenvalue weighted by Crippen LogP contribution is -2.25. The molecule has 3 aromatic rings. The standard InChI is InChI=1S/C24H27N5/c1-18-17-23(29-16-6-8-19-7-2-3-9-22(19)29)27-24(25-18)26-20-10-12-21(13-11-20)28-14-4-5-15-28/h2-3,7,9-13,17H,4-6,8,14-16H2,1H3,(H,25,26,27). The number of aryl methyl sites for hydroxylation is 2. The summed E-state index contributed by atoms with van der Waals surface area (Å²) in [6, 6.07) is 19.3. The first-order valence-corrected chi connectivity index (χ1v) is 10.6. The fraction of sp³-hybridized carbons (Fsp3) is 0.333. The predicted octanol–water partition coefficient (Wildman–Crippen LogP) is 5.21. The first kappa shape index (κ1) is 18.0. The third kappa shape index (κ3) is 3.77. The van der Waals surface area contributed by atoms with Crippen LogP contribution in [0.15, 0.2) is 54.6 Å². The number of fused-ring (bicyclic) bond motifs is 1. The average Bonchev–Trinajstić information content (AvgIpc) is 3.28. The molecule has 0 atom stereocenters. The average molecular weight is 386 g/mol. The van der Waals surface area contributed by atoms with Gasteiger partial charge in [0, 0.05) is 48.5 Å². The van der Waals surface area contributed by atoms with Crippen LogP contribution in [-0.4, -0.2) is 29.6 Å². The largest absolute Gasteiger partial charge is 0.372 e. The van der Waals surface area contributed by atoms with E-state index in [1.165, 1.54) is 29.8 Å². The number of aromatic nitrogens is 2. The number of hydrogen-bond donors (Lipinski definition) is 1. The van der Waals surface area contributed by atoms with Crippen LogP contribution in [0.5, 0.6) is 0 Å². The van der Waals surface area contributed by atoms with Gasteiger partial charge in [-0.3, -0.25) is 0 Å². The second-order valence-corrected chi connectivity index (χ2v) is 7.94. The van der Waals surface area contributed by atoms with Crippen molar-refractivity contribution in [3.8, 4) is 0 Å². The summed E-state index contributed by atoms with van der Waals surface area (Å²) in [6.45, 7) is 5.34. The summed E-state index contributed by atoms with van der Waals surface area (Å²) >= 11 is 0. The molecule has 2 aromatic carbocycles. The summed E-state index contributed by atoms with van der Waals surface area (Å²) in [5.41, 5.74) is 5.93. The molecule has 5 nitrogen and oxygen atoms in total. The van der Waals surface area contributed by atoms with E-state index in [0.29, 0.717) is 5.95 Å². The molecule has 0 amide bonds. The number of benzene rings is 2. The molecular formula is C24H27N5. The van der Waals surface area contributed by atoms with E-state index in [-0.39, 0.29) is 0 Å². The molecule has 0 bridgehead atoms. The summed E-state index contributed by atoms with van der Waals surface area (Å²) in [7, 11) is 0. The Bertz CT molecular complexity index is 992. The Hall–Kier alpha value is -3.08. The van der Waals surface area contributed by atoms with Crippen LogP contribution in [0.2, 0.25) is 0 Å². The van der Waals surface area contributed by atoms with E-state index in [1.54, 1.807) is 0 Å². The Labute approximate surface area is 172 Å². The summed E-state index contributed by atoms with van der Waals surface area (Å²) in [5, 5.41) is 3.40. The monoisotopic (exact) mass is 385 g/mol. The van der Waals surface area contributed by atoms with Crippen LogP contribution in [0.4, 0.5) is 28.8 Å². The van der Waals surface area contributed by atoms with Crippen LogP contribution in [0.1, 0.15) is 30.5 Å². The molecule has 0 unspecified atom stereocenters. The van der Waals surface area contributed by atoms with Gasteiger partial charge in [-0.1, -0.05) is 18.2 Å². The van der Waals surface area contributed by atoms with Crippen molar-refractivity contribution >= 4 is 28.8 Å². The lowest BCUT2D eigenvalue weighted by molar-refractivity contribution is 0.758. The van der Waals surface area contributed by atoms with Crippen molar-refractivity contribution < 1.29 is 0 Å². The Morgan fingerprint density at radius 3 is 2.48 bits per heavy atom. The minimum Gasteiger partial charge on any atom is -0.372 e. The van der Waals surface area contributed by atoms with Gasteiger partial charge in [0.1, 0.15) is 5.82 Å². The predicted molar refractivity (Wildman–Crippen MR) is 120 cm³/mol. The van der Waals surface area contributed by atoms with Crippen molar-refractivity contribution in [1.29, 1.82) is 0 Å². The van der Waals surface area contributed by atoms with Crippen LogP contribution in [0, 0.1) is 6.92 Å². The van der Waals surface area contributed by atoms with Crippen molar-refractivity contribution in [2.24, 2.45) is 0 Å². The Morgan fingerprint density at radius 1 is 0.862 bits per heavy atom. The van der Waals surface area contributed by atoms with Gasteiger partial charge in [-0.15, -0.1) is 0 Å². The van der Waals surface area contributed by atoms with Gasteiger partial charge in [0.15, 0.2) is 0 Å². The lowest BCUT2D eigenvalue weighted by atomic mass is 10.0. The minimum absolute atomic E-state index is 0.650. The molecule has 2 aliphatic heterocycles. The summed E-state index contributed by atoms with van der Waals surface area (Å²) in [4.78, 5) is 14.2. The first-order valence-electron chi connectivity index (χ1n) is 10.6. The fourth-order valence-electron chi connectivity index (χ4n) is 4.38. The van der Waals surface area contributed by atoms with Gasteiger partial charge in [0.25, 0.3) is 0 Å². The molecule has 29 heavy (non-hydrogen) atoms. The topological polar surface area (TPSA) is 44.3 Å². The lowest BCUT2D eigenvalue weighted by Gasteiger charge is -2.30. The van der Waals surface area contributed by atoms with Gasteiger partial charge in [0.2, 0.25) is 5.95 Å². The van der Waals surface area contributed by atoms with Crippen molar-refractivity contribution in [2.75, 3.05) is 34.8 Å². The van der Waals surface area contributed by atoms with Crippen LogP contribution in [-0.2, 0) is 6.42 Å². The molecule has 148 valence electrons. The van der Waals surface area contributed by atoms with Crippen molar-refractivity contribution in [3.63, 3.8) is 0 Å². The SMILES string of the molecule is Cc1cc(N2CCCc3ccccc32)nc(Nc2ccc(N3CCCC3)cc2)n1. The third-order valence-electron chi connectivity index (χ3n) is 5.82. The zero-order valence-electron chi connectivity index (χ0n) is 16.9. The van der Waals surface area contributed by atoms with Gasteiger partial charge in [-0.25, -0.2) is 4.98 Å². The number of para-hydroxylation sites is 1. The molecule has 5 heteroatoms. The number of rotatable bonds is 4. The number of nitrogens with one attached hydrogen (secondary N) is 1. The summed E-state index contributed by atoms with van der Waals surface area (Å²) in [6.07, 6.45) is 4.85. The summed E-state index contributed by atoms with van der Waals surface area (Å²) < 4.78 is 0. The van der Waals surface area contributed by atoms with Crippen molar-refractivity contribution in [3.05, 3.63) is 65.9 Å². The molecule has 1 aromatic heterocycles. The quantitative estimate of drug-likeness (QED) is 0.668. The van der Waals surface area contributed by atoms with E-state index in [0.717, 1.165) is 49.7 Å². The van der Waals surface area contributed by atoms with Crippen LogP contribution >= 0.6 is 0 Å². The van der Waals surface area contributed by atoms with Crippen LogP contribution < -0.4 is 15.1 Å². The van der Waals surface area contributed by atoms with E-state index < -0.39 is 0 Å². The maximum absolute atomic E-state index is 4.84. The van der Waals surface area contributed by atoms with Gasteiger partial charge >= 0.3 is 0 Å². The van der Waals surface area contributed by atoms with Crippen molar-refractivity contribution in [2.45, 2.75) is 32.6 Å². The molecule has 3 heterocycles.